The Balaban J connectivity index is 2.07. The quantitative estimate of drug-likeness (QED) is 0.768. The lowest BCUT2D eigenvalue weighted by Gasteiger charge is -2.09. The first-order valence-corrected chi connectivity index (χ1v) is 6.41. The summed E-state index contributed by atoms with van der Waals surface area (Å²) in [6.45, 7) is 4.12. The number of nitrogens with two attached hydrogens (primary N) is 1. The van der Waals surface area contributed by atoms with Gasteiger partial charge in [0, 0.05) is 0 Å². The predicted octanol–water partition coefficient (Wildman–Crippen LogP) is 3.62. The van der Waals surface area contributed by atoms with Crippen LogP contribution >= 0.6 is 0 Å². The highest BCUT2D eigenvalue weighted by atomic mass is 16.5. The molecule has 0 bridgehead atoms. The molecule has 0 radical (unpaired) electrons. The number of ether oxygens (including phenoxy) is 1. The second-order valence-corrected chi connectivity index (χ2v) is 4.75. The number of anilines is 1. The van der Waals surface area contributed by atoms with Crippen LogP contribution in [0.15, 0.2) is 42.5 Å². The van der Waals surface area contributed by atoms with Crippen molar-refractivity contribution in [3.8, 4) is 11.6 Å². The van der Waals surface area contributed by atoms with E-state index in [9.17, 15) is 0 Å². The van der Waals surface area contributed by atoms with Gasteiger partial charge in [0.05, 0.1) is 10.9 Å². The summed E-state index contributed by atoms with van der Waals surface area (Å²) >= 11 is 0. The molecule has 0 unspecified atom stereocenters. The Hall–Kier alpha value is -2.62. The summed E-state index contributed by atoms with van der Waals surface area (Å²) in [5.41, 5.74) is 8.91. The van der Waals surface area contributed by atoms with Crippen LogP contribution in [0.3, 0.4) is 0 Å². The van der Waals surface area contributed by atoms with Crippen LogP contribution in [0.5, 0.6) is 11.6 Å². The van der Waals surface area contributed by atoms with Gasteiger partial charge in [0.15, 0.2) is 0 Å². The van der Waals surface area contributed by atoms with Gasteiger partial charge < -0.3 is 10.5 Å². The molecule has 3 aromatic rings. The lowest BCUT2D eigenvalue weighted by atomic mass is 10.1. The van der Waals surface area contributed by atoms with Gasteiger partial charge in [-0.2, -0.15) is 4.98 Å². The molecule has 0 aliphatic rings. The summed E-state index contributed by atoms with van der Waals surface area (Å²) in [6, 6.07) is 13.6. The third-order valence-electron chi connectivity index (χ3n) is 3.28. The van der Waals surface area contributed by atoms with Gasteiger partial charge in [-0.15, -0.1) is 0 Å². The summed E-state index contributed by atoms with van der Waals surface area (Å²) < 4.78 is 5.88. The molecule has 100 valence electrons. The SMILES string of the molecule is Cc1ccc(Oc2nc(N)nc3ccccc23)cc1C. The Kier molecular flexibility index (Phi) is 2.99. The molecule has 3 rings (SSSR count). The van der Waals surface area contributed by atoms with Crippen LogP contribution in [0, 0.1) is 13.8 Å². The molecule has 20 heavy (non-hydrogen) atoms. The van der Waals surface area contributed by atoms with Crippen molar-refractivity contribution >= 4 is 16.9 Å². The Morgan fingerprint density at radius 2 is 1.75 bits per heavy atom. The van der Waals surface area contributed by atoms with Crippen LogP contribution in [0.1, 0.15) is 11.1 Å². The first-order valence-electron chi connectivity index (χ1n) is 6.41. The largest absolute Gasteiger partial charge is 0.438 e. The fraction of sp³-hybridized carbons (Fsp3) is 0.125. The van der Waals surface area contributed by atoms with Gasteiger partial charge >= 0.3 is 0 Å². The van der Waals surface area contributed by atoms with E-state index in [1.54, 1.807) is 0 Å². The van der Waals surface area contributed by atoms with Crippen molar-refractivity contribution in [3.63, 3.8) is 0 Å². The topological polar surface area (TPSA) is 61.0 Å². The highest BCUT2D eigenvalue weighted by Gasteiger charge is 2.08. The van der Waals surface area contributed by atoms with Crippen molar-refractivity contribution in [2.75, 3.05) is 5.73 Å². The van der Waals surface area contributed by atoms with Gasteiger partial charge in [-0.25, -0.2) is 4.98 Å². The van der Waals surface area contributed by atoms with Crippen molar-refractivity contribution < 1.29 is 4.74 Å². The predicted molar refractivity (Wildman–Crippen MR) is 79.9 cm³/mol. The fourth-order valence-corrected chi connectivity index (χ4v) is 2.03. The Bertz CT molecular complexity index is 784. The first-order chi connectivity index (χ1) is 9.63. The Morgan fingerprint density at radius 3 is 2.55 bits per heavy atom. The van der Waals surface area contributed by atoms with E-state index in [2.05, 4.69) is 23.8 Å². The van der Waals surface area contributed by atoms with Crippen LogP contribution in [-0.2, 0) is 0 Å². The van der Waals surface area contributed by atoms with Crippen molar-refractivity contribution in [3.05, 3.63) is 53.6 Å². The van der Waals surface area contributed by atoms with Crippen LogP contribution in [0.4, 0.5) is 5.95 Å². The molecular weight excluding hydrogens is 250 g/mol. The van der Waals surface area contributed by atoms with Crippen LogP contribution < -0.4 is 10.5 Å². The normalized spacial score (nSPS) is 10.7. The second kappa shape index (κ2) is 4.81. The summed E-state index contributed by atoms with van der Waals surface area (Å²) in [6.07, 6.45) is 0. The van der Waals surface area contributed by atoms with Crippen molar-refractivity contribution in [2.24, 2.45) is 0 Å². The van der Waals surface area contributed by atoms with Crippen molar-refractivity contribution in [2.45, 2.75) is 13.8 Å². The van der Waals surface area contributed by atoms with E-state index >= 15 is 0 Å². The number of benzene rings is 2. The van der Waals surface area contributed by atoms with Crippen LogP contribution in [0.25, 0.3) is 10.9 Å². The minimum Gasteiger partial charge on any atom is -0.438 e. The number of nitrogens with zero attached hydrogens (tertiary/aromatic N) is 2. The van der Waals surface area contributed by atoms with E-state index in [0.717, 1.165) is 16.7 Å². The number of para-hydroxylation sites is 1. The maximum absolute atomic E-state index is 5.88. The third kappa shape index (κ3) is 2.28. The van der Waals surface area contributed by atoms with E-state index in [1.165, 1.54) is 11.1 Å². The van der Waals surface area contributed by atoms with Gasteiger partial charge in [0.1, 0.15) is 5.75 Å². The van der Waals surface area contributed by atoms with Gasteiger partial charge in [-0.05, 0) is 49.2 Å². The number of fused-ring (bicyclic) bond motifs is 1. The molecule has 0 aliphatic heterocycles. The van der Waals surface area contributed by atoms with E-state index in [0.29, 0.717) is 5.88 Å². The zero-order valence-corrected chi connectivity index (χ0v) is 11.4. The number of aryl methyl sites for hydroxylation is 2. The molecule has 4 heteroatoms. The number of hydrogen-bond acceptors (Lipinski definition) is 4. The van der Waals surface area contributed by atoms with Gasteiger partial charge in [0.25, 0.3) is 0 Å². The van der Waals surface area contributed by atoms with Gasteiger partial charge in [-0.1, -0.05) is 18.2 Å². The molecule has 4 nitrogen and oxygen atoms in total. The number of hydrogen-bond donors (Lipinski definition) is 1. The molecule has 0 spiro atoms. The molecular formula is C16H15N3O. The van der Waals surface area contributed by atoms with Crippen LogP contribution in [0.2, 0.25) is 0 Å². The maximum atomic E-state index is 5.88. The van der Waals surface area contributed by atoms with Gasteiger partial charge in [-0.3, -0.25) is 0 Å². The first kappa shape index (κ1) is 12.4. The second-order valence-electron chi connectivity index (χ2n) is 4.75. The van der Waals surface area contributed by atoms with Crippen molar-refractivity contribution in [1.29, 1.82) is 0 Å². The average Bonchev–Trinajstić information content (AvgIpc) is 2.43. The lowest BCUT2D eigenvalue weighted by molar-refractivity contribution is 0.468. The monoisotopic (exact) mass is 265 g/mol. The molecule has 2 N–H and O–H groups in total. The molecule has 1 aromatic heterocycles. The Labute approximate surface area is 117 Å². The third-order valence-corrected chi connectivity index (χ3v) is 3.28. The Morgan fingerprint density at radius 1 is 0.950 bits per heavy atom. The van der Waals surface area contributed by atoms with E-state index in [1.807, 2.05) is 42.5 Å². The molecule has 2 aromatic carbocycles. The summed E-state index contributed by atoms with van der Waals surface area (Å²) in [7, 11) is 0. The molecule has 0 saturated carbocycles. The summed E-state index contributed by atoms with van der Waals surface area (Å²) in [5.74, 6) is 1.44. The van der Waals surface area contributed by atoms with Gasteiger partial charge in [0.2, 0.25) is 11.8 Å². The minimum absolute atomic E-state index is 0.211. The minimum atomic E-state index is 0.211. The summed E-state index contributed by atoms with van der Waals surface area (Å²) in [5, 5.41) is 0.847. The molecule has 1 heterocycles. The molecule has 0 amide bonds. The smallest absolute Gasteiger partial charge is 0.231 e. The van der Waals surface area contributed by atoms with Crippen LogP contribution in [-0.4, -0.2) is 9.97 Å². The zero-order valence-electron chi connectivity index (χ0n) is 11.4. The van der Waals surface area contributed by atoms with E-state index in [4.69, 9.17) is 10.5 Å². The molecule has 0 saturated heterocycles. The molecule has 0 aliphatic carbocycles. The van der Waals surface area contributed by atoms with E-state index < -0.39 is 0 Å². The summed E-state index contributed by atoms with van der Waals surface area (Å²) in [4.78, 5) is 8.39. The highest BCUT2D eigenvalue weighted by Crippen LogP contribution is 2.28. The zero-order chi connectivity index (χ0) is 14.1. The average molecular weight is 265 g/mol. The highest BCUT2D eigenvalue weighted by molar-refractivity contribution is 5.84. The standard InChI is InChI=1S/C16H15N3O/c1-10-7-8-12(9-11(10)2)20-15-13-5-3-4-6-14(13)18-16(17)19-15/h3-9H,1-2H3,(H2,17,18,19). The number of aromatic nitrogens is 2. The molecule has 0 fully saturated rings. The van der Waals surface area contributed by atoms with Crippen molar-refractivity contribution in [1.82, 2.24) is 9.97 Å². The lowest BCUT2D eigenvalue weighted by Crippen LogP contribution is -1.98. The maximum Gasteiger partial charge on any atom is 0.231 e. The number of rotatable bonds is 2. The van der Waals surface area contributed by atoms with E-state index in [-0.39, 0.29) is 5.95 Å². The fourth-order valence-electron chi connectivity index (χ4n) is 2.03. The number of nitrogen functional groups attached to an aromatic ring is 1. The molecule has 0 atom stereocenters.